The van der Waals surface area contributed by atoms with Crippen molar-refractivity contribution in [3.63, 3.8) is 0 Å². The van der Waals surface area contributed by atoms with Gasteiger partial charge in [-0.25, -0.2) is 9.97 Å². The highest BCUT2D eigenvalue weighted by atomic mass is 16.3. The number of aromatic nitrogens is 3. The second-order valence-corrected chi connectivity index (χ2v) is 5.01. The van der Waals surface area contributed by atoms with E-state index in [1.54, 1.807) is 12.3 Å². The smallest absolute Gasteiger partial charge is 0.258 e. The highest BCUT2D eigenvalue weighted by molar-refractivity contribution is 6.04. The number of rotatable bonds is 3. The van der Waals surface area contributed by atoms with Gasteiger partial charge in [-0.1, -0.05) is 12.1 Å². The van der Waals surface area contributed by atoms with Gasteiger partial charge in [-0.2, -0.15) is 0 Å². The first-order valence-corrected chi connectivity index (χ1v) is 7.04. The molecule has 6 heteroatoms. The zero-order valence-corrected chi connectivity index (χ0v) is 12.0. The Morgan fingerprint density at radius 2 is 2.13 bits per heavy atom. The van der Waals surface area contributed by atoms with Crippen molar-refractivity contribution in [3.8, 4) is 11.4 Å². The van der Waals surface area contributed by atoms with Crippen molar-refractivity contribution in [2.75, 3.05) is 5.32 Å². The van der Waals surface area contributed by atoms with E-state index >= 15 is 0 Å². The average Bonchev–Trinajstić information content (AvgIpc) is 3.24. The maximum atomic E-state index is 12.1. The molecule has 0 radical (unpaired) electrons. The Bertz CT molecular complexity index is 940. The third kappa shape index (κ3) is 2.57. The Labute approximate surface area is 131 Å². The van der Waals surface area contributed by atoms with E-state index in [1.807, 2.05) is 36.4 Å². The van der Waals surface area contributed by atoms with Crippen molar-refractivity contribution in [3.05, 3.63) is 66.8 Å². The van der Waals surface area contributed by atoms with Crippen molar-refractivity contribution in [1.82, 2.24) is 15.0 Å². The highest BCUT2D eigenvalue weighted by Crippen LogP contribution is 2.22. The normalized spacial score (nSPS) is 10.8. The first-order chi connectivity index (χ1) is 11.3. The molecule has 0 atom stereocenters. The molecule has 0 aliphatic rings. The molecule has 2 N–H and O–H groups in total. The molecule has 0 spiro atoms. The maximum absolute atomic E-state index is 12.1. The standard InChI is InChI=1S/C17H12N4O2/c22-17(12-6-8-23-10-12)19-13-4-1-3-11(9-13)15-20-14-5-2-7-18-16(14)21-15/h1-10H,(H,19,22)(H,18,20,21). The molecule has 1 aromatic carbocycles. The maximum Gasteiger partial charge on any atom is 0.258 e. The van der Waals surface area contributed by atoms with Crippen LogP contribution in [-0.4, -0.2) is 20.9 Å². The lowest BCUT2D eigenvalue weighted by atomic mass is 10.2. The summed E-state index contributed by atoms with van der Waals surface area (Å²) in [7, 11) is 0. The fourth-order valence-corrected chi connectivity index (χ4v) is 2.32. The number of nitrogens with one attached hydrogen (secondary N) is 2. The van der Waals surface area contributed by atoms with E-state index in [4.69, 9.17) is 4.42 Å². The van der Waals surface area contributed by atoms with E-state index in [9.17, 15) is 4.79 Å². The molecular formula is C17H12N4O2. The van der Waals surface area contributed by atoms with Crippen molar-refractivity contribution in [1.29, 1.82) is 0 Å². The molecule has 0 saturated carbocycles. The Morgan fingerprint density at radius 3 is 2.96 bits per heavy atom. The minimum Gasteiger partial charge on any atom is -0.472 e. The van der Waals surface area contributed by atoms with Crippen LogP contribution in [0.25, 0.3) is 22.6 Å². The van der Waals surface area contributed by atoms with Crippen molar-refractivity contribution in [2.45, 2.75) is 0 Å². The Kier molecular flexibility index (Phi) is 3.12. The molecule has 4 rings (SSSR count). The van der Waals surface area contributed by atoms with Gasteiger partial charge < -0.3 is 14.7 Å². The SMILES string of the molecule is O=C(Nc1cccc(-c2nc3ncccc3[nH]2)c1)c1ccoc1. The molecule has 6 nitrogen and oxygen atoms in total. The van der Waals surface area contributed by atoms with Crippen LogP contribution in [-0.2, 0) is 0 Å². The van der Waals surface area contributed by atoms with E-state index in [0.29, 0.717) is 22.7 Å². The third-order valence-corrected chi connectivity index (χ3v) is 3.43. The quantitative estimate of drug-likeness (QED) is 0.607. The number of imidazole rings is 1. The lowest BCUT2D eigenvalue weighted by molar-refractivity contribution is 0.102. The largest absolute Gasteiger partial charge is 0.472 e. The monoisotopic (exact) mass is 304 g/mol. The summed E-state index contributed by atoms with van der Waals surface area (Å²) in [6.45, 7) is 0. The number of furan rings is 1. The number of benzene rings is 1. The number of carbonyl (C=O) groups is 1. The number of hydrogen-bond donors (Lipinski definition) is 2. The van der Waals surface area contributed by atoms with Crippen LogP contribution in [0.2, 0.25) is 0 Å². The van der Waals surface area contributed by atoms with Crippen molar-refractivity contribution in [2.24, 2.45) is 0 Å². The molecule has 112 valence electrons. The van der Waals surface area contributed by atoms with Gasteiger partial charge in [0, 0.05) is 17.4 Å². The Hall–Kier alpha value is -3.41. The molecule has 0 saturated heterocycles. The number of carbonyl (C=O) groups excluding carboxylic acids is 1. The predicted octanol–water partition coefficient (Wildman–Crippen LogP) is 3.47. The number of H-pyrrole nitrogens is 1. The lowest BCUT2D eigenvalue weighted by Crippen LogP contribution is -2.10. The van der Waals surface area contributed by atoms with Gasteiger partial charge in [0.15, 0.2) is 5.65 Å². The average molecular weight is 304 g/mol. The number of anilines is 1. The molecule has 0 bridgehead atoms. The molecule has 4 aromatic rings. The van der Waals surface area contributed by atoms with Crippen LogP contribution in [0.3, 0.4) is 0 Å². The van der Waals surface area contributed by atoms with E-state index in [0.717, 1.165) is 11.1 Å². The summed E-state index contributed by atoms with van der Waals surface area (Å²) in [4.78, 5) is 23.9. The molecule has 0 fully saturated rings. The van der Waals surface area contributed by atoms with Crippen LogP contribution < -0.4 is 5.32 Å². The molecule has 3 heterocycles. The Balaban J connectivity index is 1.64. The minimum absolute atomic E-state index is 0.220. The first kappa shape index (κ1) is 13.3. The van der Waals surface area contributed by atoms with Crippen LogP contribution in [0.1, 0.15) is 10.4 Å². The van der Waals surface area contributed by atoms with Crippen molar-refractivity contribution < 1.29 is 9.21 Å². The van der Waals surface area contributed by atoms with Crippen LogP contribution in [0, 0.1) is 0 Å². The van der Waals surface area contributed by atoms with Gasteiger partial charge in [0.1, 0.15) is 12.1 Å². The summed E-state index contributed by atoms with van der Waals surface area (Å²) in [5, 5.41) is 2.83. The number of hydrogen-bond acceptors (Lipinski definition) is 4. The Morgan fingerprint density at radius 1 is 1.17 bits per heavy atom. The number of nitrogens with zero attached hydrogens (tertiary/aromatic N) is 2. The molecule has 0 unspecified atom stereocenters. The van der Waals surface area contributed by atoms with Gasteiger partial charge in [0.25, 0.3) is 5.91 Å². The summed E-state index contributed by atoms with van der Waals surface area (Å²) in [5.74, 6) is 0.486. The van der Waals surface area contributed by atoms with Gasteiger partial charge >= 0.3 is 0 Å². The molecule has 3 aromatic heterocycles. The van der Waals surface area contributed by atoms with Crippen molar-refractivity contribution >= 4 is 22.8 Å². The summed E-state index contributed by atoms with van der Waals surface area (Å²) in [5.41, 5.74) is 3.56. The number of aromatic amines is 1. The number of fused-ring (bicyclic) bond motifs is 1. The molecule has 0 aliphatic carbocycles. The summed E-state index contributed by atoms with van der Waals surface area (Å²) in [6.07, 6.45) is 4.57. The van der Waals surface area contributed by atoms with Gasteiger partial charge in [0.2, 0.25) is 0 Å². The van der Waals surface area contributed by atoms with E-state index < -0.39 is 0 Å². The third-order valence-electron chi connectivity index (χ3n) is 3.43. The fourth-order valence-electron chi connectivity index (χ4n) is 2.32. The van der Waals surface area contributed by atoms with Gasteiger partial charge in [0.05, 0.1) is 17.3 Å². The second-order valence-electron chi connectivity index (χ2n) is 5.01. The van der Waals surface area contributed by atoms with E-state index in [2.05, 4.69) is 20.3 Å². The second kappa shape index (κ2) is 5.42. The number of amides is 1. The van der Waals surface area contributed by atoms with Crippen LogP contribution in [0.4, 0.5) is 5.69 Å². The topological polar surface area (TPSA) is 83.8 Å². The molecule has 1 amide bonds. The van der Waals surface area contributed by atoms with E-state index in [1.165, 1.54) is 12.5 Å². The fraction of sp³-hybridized carbons (Fsp3) is 0. The lowest BCUT2D eigenvalue weighted by Gasteiger charge is -2.05. The minimum atomic E-state index is -0.220. The van der Waals surface area contributed by atoms with Crippen LogP contribution in [0.15, 0.2) is 65.6 Å². The van der Waals surface area contributed by atoms with Gasteiger partial charge in [-0.3, -0.25) is 4.79 Å². The van der Waals surface area contributed by atoms with Crippen LogP contribution in [0.5, 0.6) is 0 Å². The van der Waals surface area contributed by atoms with Gasteiger partial charge in [-0.05, 0) is 30.3 Å². The zero-order chi connectivity index (χ0) is 15.6. The predicted molar refractivity (Wildman–Crippen MR) is 86.0 cm³/mol. The number of pyridine rings is 1. The molecule has 0 aliphatic heterocycles. The summed E-state index contributed by atoms with van der Waals surface area (Å²) >= 11 is 0. The van der Waals surface area contributed by atoms with Gasteiger partial charge in [-0.15, -0.1) is 0 Å². The highest BCUT2D eigenvalue weighted by Gasteiger charge is 2.09. The molecular weight excluding hydrogens is 292 g/mol. The zero-order valence-electron chi connectivity index (χ0n) is 12.0. The van der Waals surface area contributed by atoms with Crippen LogP contribution >= 0.6 is 0 Å². The van der Waals surface area contributed by atoms with E-state index in [-0.39, 0.29) is 5.91 Å². The molecule has 23 heavy (non-hydrogen) atoms. The summed E-state index contributed by atoms with van der Waals surface area (Å²) in [6, 6.07) is 12.9. The first-order valence-electron chi connectivity index (χ1n) is 7.04. The summed E-state index contributed by atoms with van der Waals surface area (Å²) < 4.78 is 4.92.